The zero-order chi connectivity index (χ0) is 34.7. The number of nitrogens with zero attached hydrogens (tertiary/aromatic N) is 6. The number of halogens is 9. The van der Waals surface area contributed by atoms with E-state index in [1.54, 1.807) is 0 Å². The molecule has 1 saturated heterocycles. The minimum atomic E-state index is -5.10. The molecule has 2 aromatic carbocycles. The largest absolute Gasteiger partial charge is 0.416 e. The molecule has 17 heteroatoms. The molecule has 1 N–H and O–H groups in total. The molecule has 0 spiro atoms. The highest BCUT2D eigenvalue weighted by Crippen LogP contribution is 2.39. The molecular weight excluding hydrogens is 645 g/mol. The van der Waals surface area contributed by atoms with Crippen molar-refractivity contribution in [2.75, 3.05) is 24.5 Å². The molecule has 1 fully saturated rings. The summed E-state index contributed by atoms with van der Waals surface area (Å²) in [5, 5.41) is 14.4. The number of carbonyl (C=O) groups excluding carboxylic acids is 1. The van der Waals surface area contributed by atoms with Crippen LogP contribution in [-0.2, 0) is 43.5 Å². The molecule has 8 nitrogen and oxygen atoms in total. The van der Waals surface area contributed by atoms with Crippen LogP contribution in [0.5, 0.6) is 0 Å². The van der Waals surface area contributed by atoms with Crippen molar-refractivity contribution in [3.05, 3.63) is 69.8 Å². The maximum absolute atomic E-state index is 13.9. The van der Waals surface area contributed by atoms with Crippen LogP contribution in [0.4, 0.5) is 45.5 Å². The molecule has 0 saturated carbocycles. The van der Waals surface area contributed by atoms with Crippen LogP contribution in [0.25, 0.3) is 0 Å². The Morgan fingerprint density at radius 1 is 0.894 bits per heavy atom. The van der Waals surface area contributed by atoms with Crippen molar-refractivity contribution in [2.45, 2.75) is 70.8 Å². The van der Waals surface area contributed by atoms with Gasteiger partial charge in [0.2, 0.25) is 5.91 Å². The van der Waals surface area contributed by atoms with Gasteiger partial charge in [-0.2, -0.15) is 44.3 Å². The topological polar surface area (TPSA) is 79.2 Å². The lowest BCUT2D eigenvalue weighted by Crippen LogP contribution is -2.42. The van der Waals surface area contributed by atoms with E-state index in [-0.39, 0.29) is 29.4 Å². The molecular formula is C30H34F9N7O. The molecule has 1 atom stereocenters. The van der Waals surface area contributed by atoms with Crippen molar-refractivity contribution >= 4 is 11.9 Å². The summed E-state index contributed by atoms with van der Waals surface area (Å²) < 4.78 is 123. The van der Waals surface area contributed by atoms with Gasteiger partial charge >= 0.3 is 18.5 Å². The molecule has 3 aromatic rings. The Morgan fingerprint density at radius 3 is 1.98 bits per heavy atom. The van der Waals surface area contributed by atoms with Gasteiger partial charge in [0.15, 0.2) is 0 Å². The summed E-state index contributed by atoms with van der Waals surface area (Å²) in [6, 6.07) is 3.92. The molecule has 1 aliphatic heterocycles. The van der Waals surface area contributed by atoms with E-state index in [9.17, 15) is 44.3 Å². The van der Waals surface area contributed by atoms with Crippen molar-refractivity contribution in [3.8, 4) is 0 Å². The Kier molecular flexibility index (Phi) is 10.8. The summed E-state index contributed by atoms with van der Waals surface area (Å²) >= 11 is 0. The molecule has 1 unspecified atom stereocenters. The predicted molar refractivity (Wildman–Crippen MR) is 153 cm³/mol. The zero-order valence-corrected chi connectivity index (χ0v) is 25.8. The quantitative estimate of drug-likeness (QED) is 0.239. The van der Waals surface area contributed by atoms with E-state index in [1.807, 2.05) is 13.8 Å². The minimum Gasteiger partial charge on any atom is -0.356 e. The molecule has 47 heavy (non-hydrogen) atoms. The molecule has 4 rings (SSSR count). The lowest BCUT2D eigenvalue weighted by Gasteiger charge is -2.38. The van der Waals surface area contributed by atoms with Crippen molar-refractivity contribution in [3.63, 3.8) is 0 Å². The fourth-order valence-corrected chi connectivity index (χ4v) is 5.85. The lowest BCUT2D eigenvalue weighted by molar-refractivity contribution is -0.143. The Labute approximate surface area is 264 Å². The maximum atomic E-state index is 13.9. The molecule has 258 valence electrons. The summed E-state index contributed by atoms with van der Waals surface area (Å²) in [6.45, 7) is 4.12. The average Bonchev–Trinajstić information content (AvgIpc) is 3.43. The number of benzene rings is 2. The van der Waals surface area contributed by atoms with Crippen LogP contribution < -0.4 is 10.2 Å². The summed E-state index contributed by atoms with van der Waals surface area (Å²) in [4.78, 5) is 16.6. The van der Waals surface area contributed by atoms with Gasteiger partial charge in [0.05, 0.1) is 23.7 Å². The van der Waals surface area contributed by atoms with Gasteiger partial charge in [0, 0.05) is 31.6 Å². The maximum Gasteiger partial charge on any atom is 0.416 e. The number of hydrogen-bond donors (Lipinski definition) is 1. The van der Waals surface area contributed by atoms with Gasteiger partial charge in [0.1, 0.15) is 0 Å². The first kappa shape index (κ1) is 36.0. The van der Waals surface area contributed by atoms with E-state index < -0.39 is 59.9 Å². The summed E-state index contributed by atoms with van der Waals surface area (Å²) in [5.41, 5.74) is -3.83. The van der Waals surface area contributed by atoms with E-state index in [1.165, 1.54) is 18.0 Å². The number of likely N-dealkylation sites (tertiary alicyclic amines) is 1. The molecule has 0 bridgehead atoms. The molecule has 1 aromatic heterocycles. The number of nitrogens with one attached hydrogen (secondary N) is 1. The first-order valence-corrected chi connectivity index (χ1v) is 14.9. The number of aromatic nitrogens is 4. The standard InChI is InChI=1S/C30H34F9N7O/c1-4-25(45-10-8-19(9-11-45)26(47)40-5-2)24-7-6-21(28(31,32)33)14-20(24)17-46(27-41-43-44(3)42-27)16-18-12-22(29(34,35)36)15-23(13-18)30(37,38)39/h6-7,12-15,19,25H,4-5,8-11,16-17H2,1-3H3,(H,40,47). The van der Waals surface area contributed by atoms with E-state index in [4.69, 9.17) is 0 Å². The van der Waals surface area contributed by atoms with Crippen LogP contribution in [0.3, 0.4) is 0 Å². The molecule has 2 heterocycles. The second-order valence-corrected chi connectivity index (χ2v) is 11.4. The normalized spacial score (nSPS) is 15.9. The van der Waals surface area contributed by atoms with Gasteiger partial charge in [-0.1, -0.05) is 18.1 Å². The van der Waals surface area contributed by atoms with Gasteiger partial charge < -0.3 is 10.2 Å². The van der Waals surface area contributed by atoms with Gasteiger partial charge in [0.25, 0.3) is 5.95 Å². The minimum absolute atomic E-state index is 0.000222. The average molecular weight is 680 g/mol. The van der Waals surface area contributed by atoms with Crippen LogP contribution in [0, 0.1) is 5.92 Å². The highest BCUT2D eigenvalue weighted by Gasteiger charge is 2.38. The second-order valence-electron chi connectivity index (χ2n) is 11.4. The Bertz CT molecular complexity index is 1490. The van der Waals surface area contributed by atoms with Gasteiger partial charge in [-0.3, -0.25) is 9.69 Å². The third-order valence-corrected chi connectivity index (χ3v) is 8.07. The molecule has 1 amide bonds. The number of tetrazole rings is 1. The van der Waals surface area contributed by atoms with Crippen LogP contribution >= 0.6 is 0 Å². The van der Waals surface area contributed by atoms with E-state index >= 15 is 0 Å². The number of anilines is 1. The van der Waals surface area contributed by atoms with Gasteiger partial charge in [-0.15, -0.1) is 5.10 Å². The highest BCUT2D eigenvalue weighted by atomic mass is 19.4. The predicted octanol–water partition coefficient (Wildman–Crippen LogP) is 6.77. The van der Waals surface area contributed by atoms with Crippen LogP contribution in [0.15, 0.2) is 36.4 Å². The Hall–Kier alpha value is -3.89. The van der Waals surface area contributed by atoms with Crippen LogP contribution in [-0.4, -0.2) is 50.6 Å². The monoisotopic (exact) mass is 679 g/mol. The first-order valence-electron chi connectivity index (χ1n) is 14.9. The van der Waals surface area contributed by atoms with Crippen molar-refractivity contribution in [1.82, 2.24) is 30.4 Å². The van der Waals surface area contributed by atoms with E-state index in [2.05, 4.69) is 25.6 Å². The fourth-order valence-electron chi connectivity index (χ4n) is 5.85. The number of piperidine rings is 1. The summed E-state index contributed by atoms with van der Waals surface area (Å²) in [6.07, 6.45) is -13.4. The molecule has 0 radical (unpaired) electrons. The fraction of sp³-hybridized carbons (Fsp3) is 0.533. The third-order valence-electron chi connectivity index (χ3n) is 8.07. The molecule has 0 aliphatic carbocycles. The zero-order valence-electron chi connectivity index (χ0n) is 25.8. The van der Waals surface area contributed by atoms with Gasteiger partial charge in [-0.05, 0) is 91.5 Å². The number of carbonyl (C=O) groups is 1. The van der Waals surface area contributed by atoms with Crippen molar-refractivity contribution < 1.29 is 44.3 Å². The highest BCUT2D eigenvalue weighted by molar-refractivity contribution is 5.78. The number of hydrogen-bond acceptors (Lipinski definition) is 6. The van der Waals surface area contributed by atoms with Crippen LogP contribution in [0.1, 0.15) is 72.5 Å². The third kappa shape index (κ3) is 8.93. The van der Waals surface area contributed by atoms with Crippen molar-refractivity contribution in [1.29, 1.82) is 0 Å². The second kappa shape index (κ2) is 14.1. The smallest absolute Gasteiger partial charge is 0.356 e. The first-order chi connectivity index (χ1) is 21.9. The Balaban J connectivity index is 1.75. The lowest BCUT2D eigenvalue weighted by atomic mass is 9.90. The Morgan fingerprint density at radius 2 is 1.49 bits per heavy atom. The van der Waals surface area contributed by atoms with E-state index in [0.29, 0.717) is 56.6 Å². The summed E-state index contributed by atoms with van der Waals surface area (Å²) in [7, 11) is 1.38. The van der Waals surface area contributed by atoms with Crippen LogP contribution in [0.2, 0.25) is 0 Å². The van der Waals surface area contributed by atoms with Crippen molar-refractivity contribution in [2.24, 2.45) is 13.0 Å². The number of alkyl halides is 9. The number of amides is 1. The number of aryl methyl sites for hydroxylation is 1. The molecule has 1 aliphatic rings. The number of rotatable bonds is 10. The SMILES string of the molecule is CCNC(=O)C1CCN(C(CC)c2ccc(C(F)(F)F)cc2CN(Cc2cc(C(F)(F)F)cc(C(F)(F)F)c2)c2nnn(C)n2)CC1. The van der Waals surface area contributed by atoms with E-state index in [0.717, 1.165) is 16.9 Å². The van der Waals surface area contributed by atoms with Gasteiger partial charge in [-0.25, -0.2) is 0 Å². The summed E-state index contributed by atoms with van der Waals surface area (Å²) in [5.74, 6) is -0.480.